The molecule has 0 fully saturated rings. The molecular formula is C15H12I3NO7S. The van der Waals surface area contributed by atoms with Gasteiger partial charge in [0.2, 0.25) is 0 Å². The number of carboxylic acid groups (broad SMARTS) is 1. The van der Waals surface area contributed by atoms with E-state index in [-0.39, 0.29) is 17.9 Å². The molecule has 0 saturated heterocycles. The third kappa shape index (κ3) is 5.78. The Balaban J connectivity index is 2.64. The minimum atomic E-state index is -4.68. The minimum absolute atomic E-state index is 0.0153. The first kappa shape index (κ1) is 22.9. The van der Waals surface area contributed by atoms with Crippen LogP contribution in [0.15, 0.2) is 24.3 Å². The number of aromatic hydroxyl groups is 1. The van der Waals surface area contributed by atoms with E-state index in [0.29, 0.717) is 27.4 Å². The van der Waals surface area contributed by atoms with Gasteiger partial charge in [-0.05, 0) is 104 Å². The summed E-state index contributed by atoms with van der Waals surface area (Å²) in [4.78, 5) is 11.1. The van der Waals surface area contributed by atoms with Crippen LogP contribution in [0.4, 0.5) is 0 Å². The highest BCUT2D eigenvalue weighted by Gasteiger charge is 2.21. The van der Waals surface area contributed by atoms with Crippen LogP contribution in [-0.4, -0.2) is 35.2 Å². The monoisotopic (exact) mass is 731 g/mol. The zero-order valence-corrected chi connectivity index (χ0v) is 20.5. The van der Waals surface area contributed by atoms with Crippen LogP contribution in [0.3, 0.4) is 0 Å². The number of halogens is 3. The maximum Gasteiger partial charge on any atom is 0.446 e. The first-order chi connectivity index (χ1) is 12.4. The molecule has 2 aromatic carbocycles. The Morgan fingerprint density at radius 3 is 2.22 bits per heavy atom. The number of phenolic OH excluding ortho intramolecular Hbond substituents is 1. The first-order valence-corrected chi connectivity index (χ1v) is 11.7. The predicted molar refractivity (Wildman–Crippen MR) is 123 cm³/mol. The number of rotatable bonds is 6. The average Bonchev–Trinajstić information content (AvgIpc) is 2.53. The number of hydrogen-bond acceptors (Lipinski definition) is 6. The Labute approximate surface area is 195 Å². The number of benzene rings is 2. The normalized spacial score (nSPS) is 12.6. The first-order valence-electron chi connectivity index (χ1n) is 7.05. The summed E-state index contributed by atoms with van der Waals surface area (Å²) in [7, 11) is -4.68. The summed E-state index contributed by atoms with van der Waals surface area (Å²) < 4.78 is 36.9. The van der Waals surface area contributed by atoms with Crippen LogP contribution >= 0.6 is 67.8 Å². The molecule has 1 atom stereocenters. The average molecular weight is 731 g/mol. The number of carbonyl (C=O) groups is 1. The summed E-state index contributed by atoms with van der Waals surface area (Å²) in [6.45, 7) is 0. The van der Waals surface area contributed by atoms with Gasteiger partial charge in [-0.15, -0.1) is 0 Å². The SMILES string of the molecule is N[C@@H](Cc1ccc(O)c(I)c1-c1cc(I)c(OS(=O)(=O)O)c(I)c1)C(=O)O. The lowest BCUT2D eigenvalue weighted by Gasteiger charge is -2.17. The Hall–Kier alpha value is -0.430. The van der Waals surface area contributed by atoms with Crippen LogP contribution in [0.25, 0.3) is 11.1 Å². The number of nitrogens with two attached hydrogens (primary N) is 1. The molecule has 0 heterocycles. The van der Waals surface area contributed by atoms with Crippen LogP contribution in [-0.2, 0) is 21.6 Å². The van der Waals surface area contributed by atoms with Crippen molar-refractivity contribution in [2.24, 2.45) is 5.73 Å². The Morgan fingerprint density at radius 1 is 1.19 bits per heavy atom. The van der Waals surface area contributed by atoms with Crippen molar-refractivity contribution in [1.82, 2.24) is 0 Å². The third-order valence-electron chi connectivity index (χ3n) is 3.44. The van der Waals surface area contributed by atoms with Crippen LogP contribution in [0.1, 0.15) is 5.56 Å². The van der Waals surface area contributed by atoms with Crippen LogP contribution in [0.2, 0.25) is 0 Å². The molecule has 0 amide bonds. The Morgan fingerprint density at radius 2 is 1.74 bits per heavy atom. The molecule has 2 rings (SSSR count). The maximum atomic E-state index is 11.1. The molecule has 146 valence electrons. The molecule has 27 heavy (non-hydrogen) atoms. The highest BCUT2D eigenvalue weighted by molar-refractivity contribution is 14.1. The molecule has 0 unspecified atom stereocenters. The molecule has 0 spiro atoms. The van der Waals surface area contributed by atoms with E-state index in [1.165, 1.54) is 6.07 Å². The molecule has 0 saturated carbocycles. The summed E-state index contributed by atoms with van der Waals surface area (Å²) >= 11 is 5.66. The fourth-order valence-corrected chi connectivity index (χ4v) is 5.82. The molecule has 0 aromatic heterocycles. The van der Waals surface area contributed by atoms with Gasteiger partial charge in [-0.25, -0.2) is 0 Å². The second-order valence-corrected chi connectivity index (χ2v) is 9.79. The predicted octanol–water partition coefficient (Wildman–Crippen LogP) is 3.01. The topological polar surface area (TPSA) is 147 Å². The van der Waals surface area contributed by atoms with Gasteiger partial charge >= 0.3 is 16.4 Å². The number of phenols is 1. The molecule has 8 nitrogen and oxygen atoms in total. The van der Waals surface area contributed by atoms with Gasteiger partial charge in [-0.2, -0.15) is 8.42 Å². The van der Waals surface area contributed by atoms with Gasteiger partial charge in [0.15, 0.2) is 5.75 Å². The van der Waals surface area contributed by atoms with Gasteiger partial charge in [0.25, 0.3) is 0 Å². The van der Waals surface area contributed by atoms with E-state index in [4.69, 9.17) is 15.4 Å². The molecule has 2 aromatic rings. The van der Waals surface area contributed by atoms with Crippen molar-refractivity contribution in [3.8, 4) is 22.6 Å². The van der Waals surface area contributed by atoms with Gasteiger partial charge in [0, 0.05) is 5.56 Å². The second kappa shape index (κ2) is 8.93. The van der Waals surface area contributed by atoms with Crippen LogP contribution in [0, 0.1) is 10.7 Å². The number of carboxylic acids is 1. The lowest BCUT2D eigenvalue weighted by molar-refractivity contribution is -0.138. The molecule has 12 heteroatoms. The van der Waals surface area contributed by atoms with Gasteiger partial charge in [0.05, 0.1) is 10.7 Å². The maximum absolute atomic E-state index is 11.1. The molecule has 0 aliphatic rings. The van der Waals surface area contributed by atoms with E-state index in [9.17, 15) is 18.3 Å². The molecule has 0 radical (unpaired) electrons. The summed E-state index contributed by atoms with van der Waals surface area (Å²) in [6, 6.07) is 5.15. The number of hydrogen-bond donors (Lipinski definition) is 4. The van der Waals surface area contributed by atoms with E-state index in [2.05, 4.69) is 4.18 Å². The van der Waals surface area contributed by atoms with E-state index >= 15 is 0 Å². The fourth-order valence-electron chi connectivity index (χ4n) is 2.30. The van der Waals surface area contributed by atoms with E-state index < -0.39 is 22.4 Å². The zero-order valence-electron chi connectivity index (χ0n) is 13.2. The third-order valence-corrected chi connectivity index (χ3v) is 6.51. The van der Waals surface area contributed by atoms with Crippen molar-refractivity contribution >= 4 is 84.1 Å². The van der Waals surface area contributed by atoms with E-state index in [0.717, 1.165) is 0 Å². The summed E-state index contributed by atoms with van der Waals surface area (Å²) in [6.07, 6.45) is 0.0391. The highest BCUT2D eigenvalue weighted by Crippen LogP contribution is 2.39. The molecule has 0 bridgehead atoms. The largest absolute Gasteiger partial charge is 0.507 e. The molecular weight excluding hydrogens is 719 g/mol. The summed E-state index contributed by atoms with van der Waals surface area (Å²) in [5.74, 6) is -1.16. The molecule has 0 aliphatic carbocycles. The molecule has 0 aliphatic heterocycles. The standard InChI is InChI=1S/C15H12I3NO7S/c16-8-3-7(4-9(17)14(8)26-27(23,24)25)12-6(5-10(19)15(21)22)1-2-11(20)13(12)18/h1-4,10,20H,5,19H2,(H,21,22)(H,23,24,25)/t10-/m0/s1. The van der Waals surface area contributed by atoms with Crippen molar-refractivity contribution in [1.29, 1.82) is 0 Å². The lowest BCUT2D eigenvalue weighted by Crippen LogP contribution is -2.32. The van der Waals surface area contributed by atoms with Crippen molar-refractivity contribution in [3.05, 3.63) is 40.5 Å². The van der Waals surface area contributed by atoms with Crippen molar-refractivity contribution < 1.29 is 32.2 Å². The van der Waals surface area contributed by atoms with Crippen molar-refractivity contribution in [3.63, 3.8) is 0 Å². The zero-order chi connectivity index (χ0) is 20.5. The minimum Gasteiger partial charge on any atom is -0.507 e. The fraction of sp³-hybridized carbons (Fsp3) is 0.133. The Bertz CT molecular complexity index is 988. The van der Waals surface area contributed by atoms with Crippen molar-refractivity contribution in [2.75, 3.05) is 0 Å². The van der Waals surface area contributed by atoms with Gasteiger partial charge < -0.3 is 20.1 Å². The summed E-state index contributed by atoms with van der Waals surface area (Å²) in [5.41, 5.74) is 7.46. The van der Waals surface area contributed by atoms with E-state index in [1.807, 2.05) is 67.8 Å². The quantitative estimate of drug-likeness (QED) is 0.262. The van der Waals surface area contributed by atoms with Gasteiger partial charge in [0.1, 0.15) is 11.8 Å². The number of aliphatic carboxylic acids is 1. The smallest absolute Gasteiger partial charge is 0.446 e. The summed E-state index contributed by atoms with van der Waals surface area (Å²) in [5, 5.41) is 19.2. The molecule has 5 N–H and O–H groups in total. The van der Waals surface area contributed by atoms with Crippen LogP contribution in [0.5, 0.6) is 11.5 Å². The van der Waals surface area contributed by atoms with Crippen LogP contribution < -0.4 is 9.92 Å². The second-order valence-electron chi connectivity index (χ2n) is 5.36. The van der Waals surface area contributed by atoms with E-state index in [1.54, 1.807) is 18.2 Å². The lowest BCUT2D eigenvalue weighted by atomic mass is 9.95. The van der Waals surface area contributed by atoms with Gasteiger partial charge in [-0.1, -0.05) is 6.07 Å². The van der Waals surface area contributed by atoms with Crippen molar-refractivity contribution in [2.45, 2.75) is 12.5 Å². The Kier molecular flexibility index (Phi) is 7.56. The van der Waals surface area contributed by atoms with Gasteiger partial charge in [-0.3, -0.25) is 9.35 Å². The highest BCUT2D eigenvalue weighted by atomic mass is 127.